The SMILES string of the molecule is C/C=C/COC(=O)CC(=O)OC/C=C/C. The van der Waals surface area contributed by atoms with Gasteiger partial charge < -0.3 is 9.47 Å². The van der Waals surface area contributed by atoms with Crippen LogP contribution in [-0.4, -0.2) is 25.2 Å². The van der Waals surface area contributed by atoms with Crippen molar-refractivity contribution in [1.29, 1.82) is 0 Å². The summed E-state index contributed by atoms with van der Waals surface area (Å²) < 4.78 is 9.43. The topological polar surface area (TPSA) is 52.6 Å². The van der Waals surface area contributed by atoms with Crippen molar-refractivity contribution >= 4 is 11.9 Å². The minimum absolute atomic E-state index is 0.192. The summed E-state index contributed by atoms with van der Waals surface area (Å²) in [5.74, 6) is -1.14. The molecule has 0 bridgehead atoms. The zero-order valence-corrected chi connectivity index (χ0v) is 9.06. The van der Waals surface area contributed by atoms with Gasteiger partial charge >= 0.3 is 11.9 Å². The van der Waals surface area contributed by atoms with E-state index in [1.54, 1.807) is 24.3 Å². The summed E-state index contributed by atoms with van der Waals surface area (Å²) in [6.07, 6.45) is 6.55. The molecule has 0 unspecified atom stereocenters. The van der Waals surface area contributed by atoms with E-state index in [0.717, 1.165) is 0 Å². The predicted molar refractivity (Wildman–Crippen MR) is 56.2 cm³/mol. The van der Waals surface area contributed by atoms with Crippen LogP contribution in [0.25, 0.3) is 0 Å². The molecule has 15 heavy (non-hydrogen) atoms. The zero-order chi connectivity index (χ0) is 11.5. The highest BCUT2D eigenvalue weighted by Gasteiger charge is 2.10. The fourth-order valence-corrected chi connectivity index (χ4v) is 0.694. The molecule has 0 aromatic carbocycles. The van der Waals surface area contributed by atoms with Gasteiger partial charge in [-0.25, -0.2) is 0 Å². The van der Waals surface area contributed by atoms with Gasteiger partial charge in [-0.3, -0.25) is 9.59 Å². The summed E-state index contributed by atoms with van der Waals surface area (Å²) in [5.41, 5.74) is 0. The van der Waals surface area contributed by atoms with Crippen LogP contribution in [-0.2, 0) is 19.1 Å². The van der Waals surface area contributed by atoms with Crippen LogP contribution in [0, 0.1) is 0 Å². The average molecular weight is 212 g/mol. The molecule has 4 nitrogen and oxygen atoms in total. The molecule has 0 saturated carbocycles. The van der Waals surface area contributed by atoms with Gasteiger partial charge in [0.15, 0.2) is 0 Å². The molecule has 0 aromatic heterocycles. The van der Waals surface area contributed by atoms with Crippen LogP contribution in [0.1, 0.15) is 20.3 Å². The second-order valence-corrected chi connectivity index (χ2v) is 2.68. The molecule has 0 aliphatic carbocycles. The van der Waals surface area contributed by atoms with Crippen LogP contribution >= 0.6 is 0 Å². The number of carbonyl (C=O) groups is 2. The summed E-state index contributed by atoms with van der Waals surface area (Å²) in [6, 6.07) is 0. The molecule has 0 radical (unpaired) electrons. The molecule has 0 fully saturated rings. The van der Waals surface area contributed by atoms with E-state index in [1.807, 2.05) is 13.8 Å². The maximum atomic E-state index is 11.0. The highest BCUT2D eigenvalue weighted by Crippen LogP contribution is 1.92. The Morgan fingerprint density at radius 3 is 1.67 bits per heavy atom. The Balaban J connectivity index is 3.62. The molecule has 0 spiro atoms. The molecular weight excluding hydrogens is 196 g/mol. The van der Waals surface area contributed by atoms with Crippen molar-refractivity contribution in [3.63, 3.8) is 0 Å². The fraction of sp³-hybridized carbons (Fsp3) is 0.455. The molecule has 0 aliphatic rings. The van der Waals surface area contributed by atoms with Crippen LogP contribution in [0.2, 0.25) is 0 Å². The Kier molecular flexibility index (Phi) is 8.05. The number of ether oxygens (including phenoxy) is 2. The van der Waals surface area contributed by atoms with Gasteiger partial charge in [-0.2, -0.15) is 0 Å². The maximum absolute atomic E-state index is 11.0. The third-order valence-corrected chi connectivity index (χ3v) is 1.44. The second kappa shape index (κ2) is 8.99. The van der Waals surface area contributed by atoms with Crippen LogP contribution in [0.3, 0.4) is 0 Å². The first-order valence-electron chi connectivity index (χ1n) is 4.74. The summed E-state index contributed by atoms with van der Waals surface area (Å²) in [4.78, 5) is 22.0. The molecule has 0 amide bonds. The molecule has 0 rings (SSSR count). The third kappa shape index (κ3) is 8.74. The lowest BCUT2D eigenvalue weighted by molar-refractivity contribution is -0.153. The summed E-state index contributed by atoms with van der Waals surface area (Å²) in [5, 5.41) is 0. The molecule has 0 aromatic rings. The predicted octanol–water partition coefficient (Wildman–Crippen LogP) is 1.62. The minimum atomic E-state index is -0.571. The van der Waals surface area contributed by atoms with E-state index in [2.05, 4.69) is 0 Å². The van der Waals surface area contributed by atoms with Gasteiger partial charge in [0.05, 0.1) is 0 Å². The molecule has 0 N–H and O–H groups in total. The van der Waals surface area contributed by atoms with E-state index in [4.69, 9.17) is 9.47 Å². The van der Waals surface area contributed by atoms with Crippen molar-refractivity contribution in [3.05, 3.63) is 24.3 Å². The van der Waals surface area contributed by atoms with Crippen LogP contribution < -0.4 is 0 Å². The number of hydrogen-bond donors (Lipinski definition) is 0. The number of esters is 2. The Bertz CT molecular complexity index is 227. The van der Waals surface area contributed by atoms with Crippen LogP contribution in [0.4, 0.5) is 0 Å². The zero-order valence-electron chi connectivity index (χ0n) is 9.06. The lowest BCUT2D eigenvalue weighted by Gasteiger charge is -2.01. The Hall–Kier alpha value is -1.58. The van der Waals surface area contributed by atoms with Crippen molar-refractivity contribution in [2.45, 2.75) is 20.3 Å². The van der Waals surface area contributed by atoms with E-state index in [9.17, 15) is 9.59 Å². The summed E-state index contributed by atoms with van der Waals surface area (Å²) in [6.45, 7) is 4.02. The van der Waals surface area contributed by atoms with Crippen LogP contribution in [0.5, 0.6) is 0 Å². The highest BCUT2D eigenvalue weighted by atomic mass is 16.6. The Morgan fingerprint density at radius 2 is 1.33 bits per heavy atom. The minimum Gasteiger partial charge on any atom is -0.461 e. The number of rotatable bonds is 6. The Morgan fingerprint density at radius 1 is 0.933 bits per heavy atom. The molecule has 0 atom stereocenters. The normalized spacial score (nSPS) is 10.8. The molecule has 4 heteroatoms. The molecular formula is C11H16O4. The van der Waals surface area contributed by atoms with E-state index < -0.39 is 11.9 Å². The molecule has 84 valence electrons. The van der Waals surface area contributed by atoms with Gasteiger partial charge in [0.1, 0.15) is 19.6 Å². The first-order chi connectivity index (χ1) is 7.20. The van der Waals surface area contributed by atoms with Gasteiger partial charge in [-0.05, 0) is 13.8 Å². The summed E-state index contributed by atoms with van der Waals surface area (Å²) in [7, 11) is 0. The smallest absolute Gasteiger partial charge is 0.317 e. The van der Waals surface area contributed by atoms with E-state index >= 15 is 0 Å². The van der Waals surface area contributed by atoms with E-state index in [-0.39, 0.29) is 19.6 Å². The number of hydrogen-bond acceptors (Lipinski definition) is 4. The van der Waals surface area contributed by atoms with Crippen molar-refractivity contribution < 1.29 is 19.1 Å². The lowest BCUT2D eigenvalue weighted by atomic mass is 10.4. The Labute approximate surface area is 89.6 Å². The van der Waals surface area contributed by atoms with Crippen molar-refractivity contribution in [1.82, 2.24) is 0 Å². The molecule has 0 aliphatic heterocycles. The first kappa shape index (κ1) is 13.4. The van der Waals surface area contributed by atoms with Gasteiger partial charge in [0, 0.05) is 0 Å². The van der Waals surface area contributed by atoms with Gasteiger partial charge in [0.25, 0.3) is 0 Å². The monoisotopic (exact) mass is 212 g/mol. The van der Waals surface area contributed by atoms with Gasteiger partial charge in [0.2, 0.25) is 0 Å². The van der Waals surface area contributed by atoms with Crippen molar-refractivity contribution in [3.8, 4) is 0 Å². The average Bonchev–Trinajstić information content (AvgIpc) is 2.18. The number of allylic oxidation sites excluding steroid dienone is 2. The number of carbonyl (C=O) groups excluding carboxylic acids is 2. The molecule has 0 heterocycles. The summed E-state index contributed by atoms with van der Waals surface area (Å²) >= 11 is 0. The maximum Gasteiger partial charge on any atom is 0.317 e. The fourth-order valence-electron chi connectivity index (χ4n) is 0.694. The second-order valence-electron chi connectivity index (χ2n) is 2.68. The van der Waals surface area contributed by atoms with E-state index in [0.29, 0.717) is 0 Å². The van der Waals surface area contributed by atoms with Gasteiger partial charge in [-0.1, -0.05) is 24.3 Å². The standard InChI is InChI=1S/C11H16O4/c1-3-5-7-14-10(12)9-11(13)15-8-6-4-2/h3-6H,7-9H2,1-2H3/b5-3+,6-4+. The quantitative estimate of drug-likeness (QED) is 0.381. The van der Waals surface area contributed by atoms with Crippen LogP contribution in [0.15, 0.2) is 24.3 Å². The van der Waals surface area contributed by atoms with Crippen molar-refractivity contribution in [2.24, 2.45) is 0 Å². The van der Waals surface area contributed by atoms with Crippen molar-refractivity contribution in [2.75, 3.05) is 13.2 Å². The van der Waals surface area contributed by atoms with Gasteiger partial charge in [-0.15, -0.1) is 0 Å². The first-order valence-corrected chi connectivity index (χ1v) is 4.74. The molecule has 0 saturated heterocycles. The van der Waals surface area contributed by atoms with E-state index in [1.165, 1.54) is 0 Å². The third-order valence-electron chi connectivity index (χ3n) is 1.44. The lowest BCUT2D eigenvalue weighted by Crippen LogP contribution is -2.14. The highest BCUT2D eigenvalue weighted by molar-refractivity contribution is 5.91. The largest absolute Gasteiger partial charge is 0.461 e.